The summed E-state index contributed by atoms with van der Waals surface area (Å²) in [6.07, 6.45) is 5.16. The van der Waals surface area contributed by atoms with Gasteiger partial charge in [0.05, 0.1) is 18.1 Å². The summed E-state index contributed by atoms with van der Waals surface area (Å²) in [6, 6.07) is 9.03. The Morgan fingerprint density at radius 1 is 1.33 bits per heavy atom. The lowest BCUT2D eigenvalue weighted by Gasteiger charge is -2.22. The monoisotopic (exact) mass is 281 g/mol. The van der Waals surface area contributed by atoms with Gasteiger partial charge < -0.3 is 10.6 Å². The van der Waals surface area contributed by atoms with Crippen molar-refractivity contribution in [3.05, 3.63) is 54.0 Å². The quantitative estimate of drug-likeness (QED) is 0.898. The molecule has 2 N–H and O–H groups in total. The van der Waals surface area contributed by atoms with Crippen LogP contribution in [-0.4, -0.2) is 27.3 Å². The number of nitriles is 1. The molecule has 106 valence electrons. The van der Waals surface area contributed by atoms with Crippen molar-refractivity contribution in [2.75, 3.05) is 12.3 Å². The summed E-state index contributed by atoms with van der Waals surface area (Å²) in [4.78, 5) is 22.1. The number of rotatable bonds is 5. The Kier molecular flexibility index (Phi) is 4.83. The number of hydrogen-bond donors (Lipinski definition) is 1. The maximum atomic E-state index is 12.6. The standard InChI is InChI=1S/C15H15N5O/c16-6-3-9-20(11-12-4-1-7-18-10-12)15(21)13-5-2-8-19-14(13)17/h1-2,4-5,7-8,10H,3,9,11H2,(H2,17,19). The van der Waals surface area contributed by atoms with Gasteiger partial charge in [-0.05, 0) is 23.8 Å². The van der Waals surface area contributed by atoms with Crippen LogP contribution in [0, 0.1) is 11.3 Å². The van der Waals surface area contributed by atoms with Gasteiger partial charge in [-0.25, -0.2) is 4.98 Å². The zero-order valence-electron chi connectivity index (χ0n) is 11.4. The van der Waals surface area contributed by atoms with E-state index in [9.17, 15) is 4.79 Å². The molecule has 0 aliphatic rings. The lowest BCUT2D eigenvalue weighted by Crippen LogP contribution is -2.32. The molecular formula is C15H15N5O. The van der Waals surface area contributed by atoms with E-state index >= 15 is 0 Å². The molecule has 0 aliphatic carbocycles. The SMILES string of the molecule is N#CCCN(Cc1cccnc1)C(=O)c1cccnc1N. The summed E-state index contributed by atoms with van der Waals surface area (Å²) in [5, 5.41) is 8.75. The molecule has 0 saturated heterocycles. The Bertz CT molecular complexity index is 651. The summed E-state index contributed by atoms with van der Waals surface area (Å²) in [5.74, 6) is -0.0460. The Balaban J connectivity index is 2.21. The molecule has 0 radical (unpaired) electrons. The van der Waals surface area contributed by atoms with Crippen molar-refractivity contribution in [3.63, 3.8) is 0 Å². The Labute approximate surface area is 122 Å². The van der Waals surface area contributed by atoms with Gasteiger partial charge in [0.1, 0.15) is 5.82 Å². The third kappa shape index (κ3) is 3.76. The second-order valence-corrected chi connectivity index (χ2v) is 4.43. The largest absolute Gasteiger partial charge is 0.383 e. The van der Waals surface area contributed by atoms with E-state index in [1.807, 2.05) is 12.1 Å². The fraction of sp³-hybridized carbons (Fsp3) is 0.200. The Hall–Kier alpha value is -2.94. The van der Waals surface area contributed by atoms with Crippen LogP contribution in [0.4, 0.5) is 5.82 Å². The summed E-state index contributed by atoms with van der Waals surface area (Å²) in [7, 11) is 0. The van der Waals surface area contributed by atoms with E-state index in [2.05, 4.69) is 9.97 Å². The van der Waals surface area contributed by atoms with Crippen molar-refractivity contribution in [2.24, 2.45) is 0 Å². The summed E-state index contributed by atoms with van der Waals surface area (Å²) in [6.45, 7) is 0.710. The molecular weight excluding hydrogens is 266 g/mol. The maximum Gasteiger partial charge on any atom is 0.257 e. The highest BCUT2D eigenvalue weighted by Crippen LogP contribution is 2.13. The minimum absolute atomic E-state index is 0.190. The Morgan fingerprint density at radius 3 is 2.81 bits per heavy atom. The molecule has 6 nitrogen and oxygen atoms in total. The molecule has 0 aromatic carbocycles. The van der Waals surface area contributed by atoms with Gasteiger partial charge in [0.15, 0.2) is 0 Å². The van der Waals surface area contributed by atoms with Gasteiger partial charge >= 0.3 is 0 Å². The topological polar surface area (TPSA) is 95.9 Å². The number of amides is 1. The van der Waals surface area contributed by atoms with Crippen molar-refractivity contribution in [3.8, 4) is 6.07 Å². The average molecular weight is 281 g/mol. The number of aromatic nitrogens is 2. The molecule has 0 aliphatic heterocycles. The third-order valence-electron chi connectivity index (χ3n) is 2.95. The fourth-order valence-corrected chi connectivity index (χ4v) is 1.92. The molecule has 0 bridgehead atoms. The first-order chi connectivity index (χ1) is 10.2. The maximum absolute atomic E-state index is 12.6. The van der Waals surface area contributed by atoms with Gasteiger partial charge in [0.2, 0.25) is 0 Å². The van der Waals surface area contributed by atoms with E-state index in [4.69, 9.17) is 11.0 Å². The normalized spacial score (nSPS) is 9.86. The van der Waals surface area contributed by atoms with Crippen LogP contribution in [0.1, 0.15) is 22.3 Å². The average Bonchev–Trinajstić information content (AvgIpc) is 2.52. The summed E-state index contributed by atoms with van der Waals surface area (Å²) in [5.41, 5.74) is 6.99. The lowest BCUT2D eigenvalue weighted by atomic mass is 10.2. The molecule has 2 aromatic heterocycles. The number of nitrogen functional groups attached to an aromatic ring is 1. The Morgan fingerprint density at radius 2 is 2.14 bits per heavy atom. The summed E-state index contributed by atoms with van der Waals surface area (Å²) < 4.78 is 0. The molecule has 0 spiro atoms. The number of nitrogens with two attached hydrogens (primary N) is 1. The molecule has 2 heterocycles. The van der Waals surface area contributed by atoms with Crippen LogP contribution in [0.15, 0.2) is 42.9 Å². The van der Waals surface area contributed by atoms with Crippen molar-refractivity contribution >= 4 is 11.7 Å². The first-order valence-corrected chi connectivity index (χ1v) is 6.48. The van der Waals surface area contributed by atoms with Gasteiger partial charge in [0.25, 0.3) is 5.91 Å². The van der Waals surface area contributed by atoms with E-state index in [0.717, 1.165) is 5.56 Å². The molecule has 6 heteroatoms. The highest BCUT2D eigenvalue weighted by atomic mass is 16.2. The number of anilines is 1. The van der Waals surface area contributed by atoms with Crippen molar-refractivity contribution in [1.29, 1.82) is 5.26 Å². The van der Waals surface area contributed by atoms with Gasteiger partial charge in [0, 0.05) is 31.7 Å². The smallest absolute Gasteiger partial charge is 0.257 e. The number of hydrogen-bond acceptors (Lipinski definition) is 5. The van der Waals surface area contributed by atoms with E-state index in [1.54, 1.807) is 35.5 Å². The second kappa shape index (κ2) is 7.01. The first-order valence-electron chi connectivity index (χ1n) is 6.48. The third-order valence-corrected chi connectivity index (χ3v) is 2.95. The van der Waals surface area contributed by atoms with Crippen molar-refractivity contribution in [2.45, 2.75) is 13.0 Å². The second-order valence-electron chi connectivity index (χ2n) is 4.43. The fourth-order valence-electron chi connectivity index (χ4n) is 1.92. The molecule has 21 heavy (non-hydrogen) atoms. The van der Waals surface area contributed by atoms with E-state index < -0.39 is 0 Å². The molecule has 0 fully saturated rings. The van der Waals surface area contributed by atoms with Crippen LogP contribution in [0.5, 0.6) is 0 Å². The molecule has 0 unspecified atom stereocenters. The summed E-state index contributed by atoms with van der Waals surface area (Å²) >= 11 is 0. The zero-order chi connectivity index (χ0) is 15.1. The minimum atomic E-state index is -0.236. The van der Waals surface area contributed by atoms with Crippen LogP contribution in [0.25, 0.3) is 0 Å². The van der Waals surface area contributed by atoms with E-state index in [1.165, 1.54) is 6.20 Å². The number of carbonyl (C=O) groups is 1. The predicted octanol–water partition coefficient (Wildman–Crippen LogP) is 1.61. The highest BCUT2D eigenvalue weighted by Gasteiger charge is 2.18. The van der Waals surface area contributed by atoms with Gasteiger partial charge in [-0.1, -0.05) is 6.07 Å². The highest BCUT2D eigenvalue weighted by molar-refractivity contribution is 5.98. The van der Waals surface area contributed by atoms with E-state index in [-0.39, 0.29) is 18.1 Å². The predicted molar refractivity (Wildman–Crippen MR) is 77.9 cm³/mol. The van der Waals surface area contributed by atoms with E-state index in [0.29, 0.717) is 18.7 Å². The molecule has 2 rings (SSSR count). The lowest BCUT2D eigenvalue weighted by molar-refractivity contribution is 0.0747. The number of nitrogens with zero attached hydrogens (tertiary/aromatic N) is 4. The first kappa shape index (κ1) is 14.5. The van der Waals surface area contributed by atoms with Crippen LogP contribution in [0.3, 0.4) is 0 Å². The van der Waals surface area contributed by atoms with Crippen molar-refractivity contribution in [1.82, 2.24) is 14.9 Å². The zero-order valence-corrected chi connectivity index (χ0v) is 11.4. The van der Waals surface area contributed by atoms with Gasteiger partial charge in [-0.2, -0.15) is 5.26 Å². The van der Waals surface area contributed by atoms with Crippen molar-refractivity contribution < 1.29 is 4.79 Å². The van der Waals surface area contributed by atoms with Crippen LogP contribution in [0.2, 0.25) is 0 Å². The van der Waals surface area contributed by atoms with Gasteiger partial charge in [-0.15, -0.1) is 0 Å². The van der Waals surface area contributed by atoms with Crippen LogP contribution in [-0.2, 0) is 6.54 Å². The molecule has 0 saturated carbocycles. The molecule has 0 atom stereocenters. The molecule has 1 amide bonds. The van der Waals surface area contributed by atoms with Gasteiger partial charge in [-0.3, -0.25) is 9.78 Å². The molecule has 2 aromatic rings. The van der Waals surface area contributed by atoms with Crippen LogP contribution < -0.4 is 5.73 Å². The van der Waals surface area contributed by atoms with Crippen LogP contribution >= 0.6 is 0 Å². The number of pyridine rings is 2. The minimum Gasteiger partial charge on any atom is -0.383 e. The number of carbonyl (C=O) groups excluding carboxylic acids is 1.